The fourth-order valence-corrected chi connectivity index (χ4v) is 2.64. The fourth-order valence-electron chi connectivity index (χ4n) is 1.45. The van der Waals surface area contributed by atoms with E-state index in [1.807, 2.05) is 32.5 Å². The van der Waals surface area contributed by atoms with Gasteiger partial charge in [0.25, 0.3) is 0 Å². The summed E-state index contributed by atoms with van der Waals surface area (Å²) in [4.78, 5) is 11.3. The Bertz CT molecular complexity index is 223. The summed E-state index contributed by atoms with van der Waals surface area (Å²) < 4.78 is 5.13. The zero-order valence-electron chi connectivity index (χ0n) is 10.3. The highest BCUT2D eigenvalue weighted by Crippen LogP contribution is 2.16. The molecule has 16 heavy (non-hydrogen) atoms. The van der Waals surface area contributed by atoms with E-state index in [1.54, 1.807) is 0 Å². The molecule has 0 aromatic rings. The number of carbonyl (C=O) groups is 1. The van der Waals surface area contributed by atoms with Crippen LogP contribution in [0.5, 0.6) is 0 Å². The van der Waals surface area contributed by atoms with Crippen molar-refractivity contribution in [3.63, 3.8) is 0 Å². The van der Waals surface area contributed by atoms with Crippen LogP contribution in [0.2, 0.25) is 0 Å². The number of nitrogens with one attached hydrogen (secondary N) is 2. The van der Waals surface area contributed by atoms with Crippen LogP contribution in [0.3, 0.4) is 0 Å². The first kappa shape index (κ1) is 13.6. The van der Waals surface area contributed by atoms with E-state index >= 15 is 0 Å². The van der Waals surface area contributed by atoms with Gasteiger partial charge in [0.2, 0.25) is 0 Å². The molecule has 5 heteroatoms. The molecule has 0 spiro atoms. The average Bonchev–Trinajstić information content (AvgIpc) is 2.62. The molecule has 1 fully saturated rings. The van der Waals surface area contributed by atoms with Gasteiger partial charge >= 0.3 is 6.09 Å². The van der Waals surface area contributed by atoms with Gasteiger partial charge in [0, 0.05) is 24.9 Å². The number of rotatable bonds is 4. The molecule has 1 rings (SSSR count). The standard InChI is InChI=1S/C11H22N2O2S/c1-11(2,3)15-10(14)13-6-5-12-9-4-7-16-8-9/h9,12H,4-8H2,1-3H3,(H,13,14). The lowest BCUT2D eigenvalue weighted by Gasteiger charge is -2.20. The molecule has 0 aromatic heterocycles. The van der Waals surface area contributed by atoms with Crippen LogP contribution in [0, 0.1) is 0 Å². The van der Waals surface area contributed by atoms with Gasteiger partial charge in [-0.3, -0.25) is 0 Å². The minimum atomic E-state index is -0.417. The molecule has 1 aliphatic rings. The van der Waals surface area contributed by atoms with Gasteiger partial charge in [0.15, 0.2) is 0 Å². The molecule has 4 nitrogen and oxygen atoms in total. The lowest BCUT2D eigenvalue weighted by Crippen LogP contribution is -2.39. The Kier molecular flexibility index (Phi) is 5.41. The van der Waals surface area contributed by atoms with Crippen molar-refractivity contribution in [2.75, 3.05) is 24.6 Å². The molecule has 1 saturated heterocycles. The Balaban J connectivity index is 2.00. The first-order valence-corrected chi connectivity index (χ1v) is 6.91. The van der Waals surface area contributed by atoms with Crippen molar-refractivity contribution in [2.45, 2.75) is 38.8 Å². The number of hydrogen-bond donors (Lipinski definition) is 2. The summed E-state index contributed by atoms with van der Waals surface area (Å²) in [6, 6.07) is 0.616. The highest BCUT2D eigenvalue weighted by atomic mass is 32.2. The van der Waals surface area contributed by atoms with E-state index in [-0.39, 0.29) is 6.09 Å². The lowest BCUT2D eigenvalue weighted by atomic mass is 10.2. The van der Waals surface area contributed by atoms with Gasteiger partial charge < -0.3 is 15.4 Å². The Morgan fingerprint density at radius 2 is 2.19 bits per heavy atom. The van der Waals surface area contributed by atoms with Gasteiger partial charge in [0.05, 0.1) is 0 Å². The highest BCUT2D eigenvalue weighted by Gasteiger charge is 2.16. The van der Waals surface area contributed by atoms with Crippen LogP contribution in [-0.2, 0) is 4.74 Å². The lowest BCUT2D eigenvalue weighted by molar-refractivity contribution is 0.0528. The van der Waals surface area contributed by atoms with Crippen molar-refractivity contribution in [3.8, 4) is 0 Å². The highest BCUT2D eigenvalue weighted by molar-refractivity contribution is 7.99. The second kappa shape index (κ2) is 6.35. The van der Waals surface area contributed by atoms with Gasteiger partial charge in [-0.2, -0.15) is 11.8 Å². The number of ether oxygens (including phenoxy) is 1. The summed E-state index contributed by atoms with van der Waals surface area (Å²) in [5, 5.41) is 6.14. The Labute approximate surface area is 102 Å². The van der Waals surface area contributed by atoms with Crippen molar-refractivity contribution >= 4 is 17.9 Å². The fraction of sp³-hybridized carbons (Fsp3) is 0.909. The Hall–Kier alpha value is -0.420. The minimum Gasteiger partial charge on any atom is -0.444 e. The number of amides is 1. The number of hydrogen-bond acceptors (Lipinski definition) is 4. The second-order valence-corrected chi connectivity index (χ2v) is 6.09. The zero-order chi connectivity index (χ0) is 12.0. The van der Waals surface area contributed by atoms with Crippen molar-refractivity contribution < 1.29 is 9.53 Å². The zero-order valence-corrected chi connectivity index (χ0v) is 11.2. The molecule has 0 aromatic carbocycles. The Morgan fingerprint density at radius 3 is 2.75 bits per heavy atom. The molecule has 0 saturated carbocycles. The first-order chi connectivity index (χ1) is 7.47. The van der Waals surface area contributed by atoms with E-state index in [4.69, 9.17) is 4.74 Å². The molecule has 2 N–H and O–H groups in total. The van der Waals surface area contributed by atoms with Crippen LogP contribution >= 0.6 is 11.8 Å². The van der Waals surface area contributed by atoms with Crippen molar-refractivity contribution in [1.82, 2.24) is 10.6 Å². The maximum absolute atomic E-state index is 11.3. The summed E-state index contributed by atoms with van der Waals surface area (Å²) in [6.07, 6.45) is 0.895. The summed E-state index contributed by atoms with van der Waals surface area (Å²) >= 11 is 1.98. The summed E-state index contributed by atoms with van der Waals surface area (Å²) in [5.41, 5.74) is -0.417. The molecule has 0 bridgehead atoms. The number of alkyl carbamates (subject to hydrolysis) is 1. The van der Waals surface area contributed by atoms with E-state index in [0.717, 1.165) is 6.54 Å². The van der Waals surface area contributed by atoms with Crippen LogP contribution in [0.15, 0.2) is 0 Å². The molecule has 1 atom stereocenters. The smallest absolute Gasteiger partial charge is 0.407 e. The normalized spacial score (nSPS) is 20.8. The second-order valence-electron chi connectivity index (χ2n) is 4.94. The molecule has 1 aliphatic heterocycles. The molecule has 0 radical (unpaired) electrons. The monoisotopic (exact) mass is 246 g/mol. The SMILES string of the molecule is CC(C)(C)OC(=O)NCCNC1CCSC1. The third kappa shape index (κ3) is 6.23. The van der Waals surface area contributed by atoms with Crippen LogP contribution in [-0.4, -0.2) is 42.3 Å². The predicted molar refractivity (Wildman–Crippen MR) is 68.0 cm³/mol. The van der Waals surface area contributed by atoms with Crippen LogP contribution in [0.25, 0.3) is 0 Å². The van der Waals surface area contributed by atoms with Gasteiger partial charge in [-0.15, -0.1) is 0 Å². The van der Waals surface area contributed by atoms with Crippen molar-refractivity contribution in [1.29, 1.82) is 0 Å². The predicted octanol–water partition coefficient (Wildman–Crippen LogP) is 1.61. The molecule has 1 unspecified atom stereocenters. The van der Waals surface area contributed by atoms with Gasteiger partial charge in [-0.1, -0.05) is 0 Å². The summed E-state index contributed by atoms with van der Waals surface area (Å²) in [5.74, 6) is 2.43. The van der Waals surface area contributed by atoms with Gasteiger partial charge in [-0.25, -0.2) is 4.79 Å². The minimum absolute atomic E-state index is 0.338. The topological polar surface area (TPSA) is 50.4 Å². The van der Waals surface area contributed by atoms with Crippen molar-refractivity contribution in [3.05, 3.63) is 0 Å². The van der Waals surface area contributed by atoms with E-state index < -0.39 is 5.60 Å². The summed E-state index contributed by atoms with van der Waals surface area (Å²) in [7, 11) is 0. The molecular weight excluding hydrogens is 224 g/mol. The van der Waals surface area contributed by atoms with E-state index in [2.05, 4.69) is 10.6 Å². The third-order valence-corrected chi connectivity index (χ3v) is 3.32. The number of thioether (sulfide) groups is 1. The first-order valence-electron chi connectivity index (χ1n) is 5.75. The third-order valence-electron chi connectivity index (χ3n) is 2.16. The van der Waals surface area contributed by atoms with Crippen LogP contribution in [0.4, 0.5) is 4.79 Å². The largest absolute Gasteiger partial charge is 0.444 e. The summed E-state index contributed by atoms with van der Waals surface area (Å²) in [6.45, 7) is 7.02. The maximum Gasteiger partial charge on any atom is 0.407 e. The Morgan fingerprint density at radius 1 is 1.44 bits per heavy atom. The molecule has 0 aliphatic carbocycles. The van der Waals surface area contributed by atoms with Crippen LogP contribution in [0.1, 0.15) is 27.2 Å². The molecular formula is C11H22N2O2S. The molecule has 1 heterocycles. The molecule has 94 valence electrons. The van der Waals surface area contributed by atoms with E-state index in [9.17, 15) is 4.79 Å². The quantitative estimate of drug-likeness (QED) is 0.740. The van der Waals surface area contributed by atoms with E-state index in [0.29, 0.717) is 12.6 Å². The van der Waals surface area contributed by atoms with Gasteiger partial charge in [0.1, 0.15) is 5.60 Å². The number of carbonyl (C=O) groups excluding carboxylic acids is 1. The van der Waals surface area contributed by atoms with E-state index in [1.165, 1.54) is 17.9 Å². The average molecular weight is 246 g/mol. The van der Waals surface area contributed by atoms with Crippen LogP contribution < -0.4 is 10.6 Å². The van der Waals surface area contributed by atoms with Crippen molar-refractivity contribution in [2.24, 2.45) is 0 Å². The van der Waals surface area contributed by atoms with Gasteiger partial charge in [-0.05, 0) is 32.9 Å². The molecule has 1 amide bonds. The maximum atomic E-state index is 11.3.